The highest BCUT2D eigenvalue weighted by Crippen LogP contribution is 2.30. The van der Waals surface area contributed by atoms with Gasteiger partial charge in [0.15, 0.2) is 24.6 Å². The molecule has 0 bridgehead atoms. The molecule has 31 heavy (non-hydrogen) atoms. The van der Waals surface area contributed by atoms with E-state index in [9.17, 15) is 19.2 Å². The molecule has 10 nitrogen and oxygen atoms in total. The van der Waals surface area contributed by atoms with Crippen molar-refractivity contribution in [2.24, 2.45) is 0 Å². The van der Waals surface area contributed by atoms with Gasteiger partial charge in [-0.2, -0.15) is 0 Å². The van der Waals surface area contributed by atoms with Crippen LogP contribution in [0.2, 0.25) is 0 Å². The van der Waals surface area contributed by atoms with Crippen molar-refractivity contribution in [1.29, 1.82) is 0 Å². The van der Waals surface area contributed by atoms with E-state index >= 15 is 0 Å². The Balaban J connectivity index is 2.35. The first-order valence-electron chi connectivity index (χ1n) is 9.63. The van der Waals surface area contributed by atoms with Gasteiger partial charge in [0.1, 0.15) is 12.7 Å². The third-order valence-electron chi connectivity index (χ3n) is 4.21. The monoisotopic (exact) mass is 438 g/mol. The van der Waals surface area contributed by atoms with Crippen molar-refractivity contribution in [1.82, 2.24) is 0 Å². The molecule has 0 aliphatic carbocycles. The normalized spacial score (nSPS) is 25.2. The average Bonchev–Trinajstić information content (AvgIpc) is 2.68. The minimum absolute atomic E-state index is 0.0918. The molecule has 0 amide bonds. The molecular weight excluding hydrogens is 412 g/mol. The first-order chi connectivity index (χ1) is 14.7. The van der Waals surface area contributed by atoms with Gasteiger partial charge in [0.05, 0.1) is 6.61 Å². The van der Waals surface area contributed by atoms with Gasteiger partial charge in [-0.05, 0) is 5.56 Å². The Morgan fingerprint density at radius 1 is 0.774 bits per heavy atom. The summed E-state index contributed by atoms with van der Waals surface area (Å²) >= 11 is 0. The first-order valence-corrected chi connectivity index (χ1v) is 9.63. The number of rotatable bonds is 8. The SMILES string of the molecule is CC(=O)OCC1OC(OCc2ccccc2)[C@H](OC(C)=O)[C@@H](OC(C)=O)[C@@H]1OC(C)=O. The largest absolute Gasteiger partial charge is 0.463 e. The summed E-state index contributed by atoms with van der Waals surface area (Å²) in [6.45, 7) is 4.49. The van der Waals surface area contributed by atoms with Crippen LogP contribution < -0.4 is 0 Å². The summed E-state index contributed by atoms with van der Waals surface area (Å²) in [7, 11) is 0. The van der Waals surface area contributed by atoms with Crippen LogP contribution in [0.4, 0.5) is 0 Å². The summed E-state index contributed by atoms with van der Waals surface area (Å²) in [4.78, 5) is 46.5. The molecule has 0 aromatic heterocycles. The van der Waals surface area contributed by atoms with Crippen molar-refractivity contribution in [2.75, 3.05) is 6.61 Å². The van der Waals surface area contributed by atoms with Crippen LogP contribution in [-0.2, 0) is 54.2 Å². The second-order valence-corrected chi connectivity index (χ2v) is 6.86. The fraction of sp³-hybridized carbons (Fsp3) is 0.524. The molecule has 170 valence electrons. The van der Waals surface area contributed by atoms with E-state index in [1.54, 1.807) is 0 Å². The molecule has 1 saturated heterocycles. The standard InChI is InChI=1S/C21H26O10/c1-12(22)26-11-17-18(28-13(2)23)19(29-14(3)24)20(30-15(4)25)21(31-17)27-10-16-8-6-5-7-9-16/h5-9,17-21H,10-11H2,1-4H3/t17?,18-,19+,20-,21?/m1/s1. The maximum Gasteiger partial charge on any atom is 0.303 e. The number of hydrogen-bond donors (Lipinski definition) is 0. The molecule has 1 fully saturated rings. The number of hydrogen-bond acceptors (Lipinski definition) is 10. The lowest BCUT2D eigenvalue weighted by atomic mass is 9.98. The summed E-state index contributed by atoms with van der Waals surface area (Å²) in [6.07, 6.45) is -5.92. The van der Waals surface area contributed by atoms with Gasteiger partial charge >= 0.3 is 23.9 Å². The maximum absolute atomic E-state index is 11.8. The van der Waals surface area contributed by atoms with Gasteiger partial charge in [-0.3, -0.25) is 19.2 Å². The molecule has 0 N–H and O–H groups in total. The molecule has 1 aliphatic heterocycles. The predicted molar refractivity (Wildman–Crippen MR) is 103 cm³/mol. The van der Waals surface area contributed by atoms with E-state index in [0.29, 0.717) is 0 Å². The molecule has 10 heteroatoms. The zero-order valence-corrected chi connectivity index (χ0v) is 17.8. The summed E-state index contributed by atoms with van der Waals surface area (Å²) in [5.74, 6) is -2.66. The molecule has 5 atom stereocenters. The van der Waals surface area contributed by atoms with Gasteiger partial charge in [-0.15, -0.1) is 0 Å². The molecule has 2 rings (SSSR count). The Hall–Kier alpha value is -2.98. The number of carbonyl (C=O) groups excluding carboxylic acids is 4. The first kappa shape index (κ1) is 24.3. The summed E-state index contributed by atoms with van der Waals surface area (Å²) in [5.41, 5.74) is 0.815. The Morgan fingerprint density at radius 2 is 1.32 bits per heavy atom. The molecule has 0 spiro atoms. The second-order valence-electron chi connectivity index (χ2n) is 6.86. The summed E-state index contributed by atoms with van der Waals surface area (Å²) in [6, 6.07) is 9.14. The highest BCUT2D eigenvalue weighted by molar-refractivity contribution is 5.68. The van der Waals surface area contributed by atoms with Crippen molar-refractivity contribution in [3.63, 3.8) is 0 Å². The third-order valence-corrected chi connectivity index (χ3v) is 4.21. The van der Waals surface area contributed by atoms with Crippen molar-refractivity contribution in [2.45, 2.75) is 65.0 Å². The fourth-order valence-electron chi connectivity index (χ4n) is 3.08. The van der Waals surface area contributed by atoms with Gasteiger partial charge < -0.3 is 28.4 Å². The topological polar surface area (TPSA) is 124 Å². The lowest BCUT2D eigenvalue weighted by Crippen LogP contribution is -2.62. The van der Waals surface area contributed by atoms with Crippen LogP contribution in [0.3, 0.4) is 0 Å². The van der Waals surface area contributed by atoms with E-state index in [0.717, 1.165) is 19.4 Å². The van der Waals surface area contributed by atoms with Crippen LogP contribution in [0.1, 0.15) is 33.3 Å². The zero-order chi connectivity index (χ0) is 23.0. The Labute approximate surface area is 179 Å². The minimum atomic E-state index is -1.25. The molecule has 0 saturated carbocycles. The molecule has 1 heterocycles. The lowest BCUT2D eigenvalue weighted by Gasteiger charge is -2.44. The zero-order valence-electron chi connectivity index (χ0n) is 17.8. The molecule has 1 aliphatic rings. The second kappa shape index (κ2) is 11.4. The van der Waals surface area contributed by atoms with E-state index in [1.165, 1.54) is 13.8 Å². The average molecular weight is 438 g/mol. The van der Waals surface area contributed by atoms with Gasteiger partial charge in [-0.1, -0.05) is 30.3 Å². The Morgan fingerprint density at radius 3 is 1.87 bits per heavy atom. The van der Waals surface area contributed by atoms with Gasteiger partial charge in [0, 0.05) is 27.7 Å². The van der Waals surface area contributed by atoms with Gasteiger partial charge in [-0.25, -0.2) is 0 Å². The Kier molecular flexibility index (Phi) is 8.95. The van der Waals surface area contributed by atoms with Crippen LogP contribution >= 0.6 is 0 Å². The van der Waals surface area contributed by atoms with E-state index in [-0.39, 0.29) is 13.2 Å². The van der Waals surface area contributed by atoms with E-state index in [4.69, 9.17) is 28.4 Å². The van der Waals surface area contributed by atoms with Crippen molar-refractivity contribution in [3.8, 4) is 0 Å². The van der Waals surface area contributed by atoms with Crippen molar-refractivity contribution >= 4 is 23.9 Å². The van der Waals surface area contributed by atoms with Crippen LogP contribution in [0.15, 0.2) is 30.3 Å². The number of benzene rings is 1. The van der Waals surface area contributed by atoms with Gasteiger partial charge in [0.25, 0.3) is 0 Å². The quantitative estimate of drug-likeness (QED) is 0.433. The van der Waals surface area contributed by atoms with E-state index in [1.807, 2.05) is 30.3 Å². The summed E-state index contributed by atoms with van der Waals surface area (Å²) < 4.78 is 32.6. The molecule has 1 aromatic rings. The third kappa shape index (κ3) is 7.65. The fourth-order valence-corrected chi connectivity index (χ4v) is 3.08. The Bertz CT molecular complexity index is 778. The predicted octanol–water partition coefficient (Wildman–Crippen LogP) is 1.29. The summed E-state index contributed by atoms with van der Waals surface area (Å²) in [5, 5.41) is 0. The van der Waals surface area contributed by atoms with E-state index in [2.05, 4.69) is 0 Å². The lowest BCUT2D eigenvalue weighted by molar-refractivity contribution is -0.310. The number of carbonyl (C=O) groups is 4. The van der Waals surface area contributed by atoms with Crippen LogP contribution in [-0.4, -0.2) is 61.2 Å². The minimum Gasteiger partial charge on any atom is -0.463 e. The van der Waals surface area contributed by atoms with Crippen LogP contribution in [0, 0.1) is 0 Å². The van der Waals surface area contributed by atoms with Crippen LogP contribution in [0.5, 0.6) is 0 Å². The van der Waals surface area contributed by atoms with Gasteiger partial charge in [0.2, 0.25) is 0 Å². The molecular formula is C21H26O10. The van der Waals surface area contributed by atoms with E-state index < -0.39 is 54.6 Å². The smallest absolute Gasteiger partial charge is 0.303 e. The highest BCUT2D eigenvalue weighted by Gasteiger charge is 2.52. The molecule has 2 unspecified atom stereocenters. The van der Waals surface area contributed by atoms with Crippen molar-refractivity contribution in [3.05, 3.63) is 35.9 Å². The number of ether oxygens (including phenoxy) is 6. The van der Waals surface area contributed by atoms with Crippen LogP contribution in [0.25, 0.3) is 0 Å². The highest BCUT2D eigenvalue weighted by atomic mass is 16.7. The molecule has 1 aromatic carbocycles. The molecule has 0 radical (unpaired) electrons. The maximum atomic E-state index is 11.8. The number of esters is 4. The van der Waals surface area contributed by atoms with Crippen molar-refractivity contribution < 1.29 is 47.6 Å².